The molecule has 4 heteroatoms. The second-order valence-corrected chi connectivity index (χ2v) is 5.34. The largest absolute Gasteiger partial charge is 0.378 e. The lowest BCUT2D eigenvalue weighted by Gasteiger charge is -2.39. The maximum absolute atomic E-state index is 11.4. The maximum atomic E-state index is 11.4. The normalized spacial score (nSPS) is 24.1. The molecule has 1 aromatic carbocycles. The molecule has 1 amide bonds. The van der Waals surface area contributed by atoms with Crippen molar-refractivity contribution < 1.29 is 4.79 Å². The van der Waals surface area contributed by atoms with Gasteiger partial charge in [0.2, 0.25) is 5.91 Å². The molecule has 4 nitrogen and oxygen atoms in total. The van der Waals surface area contributed by atoms with Gasteiger partial charge >= 0.3 is 0 Å². The van der Waals surface area contributed by atoms with E-state index in [-0.39, 0.29) is 17.9 Å². The molecule has 1 aliphatic carbocycles. The van der Waals surface area contributed by atoms with E-state index in [2.05, 4.69) is 28.4 Å². The van der Waals surface area contributed by atoms with Crippen LogP contribution < -0.4 is 16.0 Å². The Balaban J connectivity index is 1.90. The minimum absolute atomic E-state index is 0.109. The van der Waals surface area contributed by atoms with Crippen LogP contribution in [0.1, 0.15) is 19.8 Å². The number of hydrogen-bond donors (Lipinski definition) is 2. The lowest BCUT2D eigenvalue weighted by molar-refractivity contribution is -0.121. The van der Waals surface area contributed by atoms with E-state index in [4.69, 9.17) is 5.73 Å². The van der Waals surface area contributed by atoms with E-state index in [9.17, 15) is 4.79 Å². The summed E-state index contributed by atoms with van der Waals surface area (Å²) >= 11 is 0. The molecule has 2 unspecified atom stereocenters. The molecule has 0 saturated heterocycles. The van der Waals surface area contributed by atoms with Crippen molar-refractivity contribution in [3.63, 3.8) is 0 Å². The first-order chi connectivity index (χ1) is 8.66. The molecule has 1 aromatic rings. The van der Waals surface area contributed by atoms with E-state index in [1.165, 1.54) is 18.5 Å². The standard InChI is InChI=1S/C14H19N3O/c1-9(14(15)18)12-8-17(10-6-7-10)13-5-3-2-4-11(13)16-12/h2-5,9-10,12,16H,6-8H2,1H3,(H2,15,18). The van der Waals surface area contributed by atoms with Gasteiger partial charge in [-0.15, -0.1) is 0 Å². The van der Waals surface area contributed by atoms with Crippen LogP contribution in [0.5, 0.6) is 0 Å². The highest BCUT2D eigenvalue weighted by Gasteiger charge is 2.37. The second kappa shape index (κ2) is 4.19. The Morgan fingerprint density at radius 2 is 2.17 bits per heavy atom. The minimum Gasteiger partial charge on any atom is -0.378 e. The highest BCUT2D eigenvalue weighted by atomic mass is 16.1. The van der Waals surface area contributed by atoms with Crippen molar-refractivity contribution in [1.82, 2.24) is 0 Å². The molecule has 1 fully saturated rings. The third-order valence-corrected chi connectivity index (χ3v) is 3.99. The number of nitrogens with two attached hydrogens (primary N) is 1. The quantitative estimate of drug-likeness (QED) is 0.850. The van der Waals surface area contributed by atoms with Crippen LogP contribution in [0.4, 0.5) is 11.4 Å². The summed E-state index contributed by atoms with van der Waals surface area (Å²) in [6.07, 6.45) is 2.51. The van der Waals surface area contributed by atoms with E-state index in [1.807, 2.05) is 13.0 Å². The van der Waals surface area contributed by atoms with E-state index in [1.54, 1.807) is 0 Å². The molecular formula is C14H19N3O. The fourth-order valence-electron chi connectivity index (χ4n) is 2.62. The van der Waals surface area contributed by atoms with Crippen LogP contribution in [-0.4, -0.2) is 24.5 Å². The van der Waals surface area contributed by atoms with Crippen molar-refractivity contribution in [1.29, 1.82) is 0 Å². The van der Waals surface area contributed by atoms with Crippen molar-refractivity contribution in [2.45, 2.75) is 31.8 Å². The Morgan fingerprint density at radius 3 is 2.83 bits per heavy atom. The smallest absolute Gasteiger partial charge is 0.222 e. The first-order valence-corrected chi connectivity index (χ1v) is 6.58. The maximum Gasteiger partial charge on any atom is 0.222 e. The van der Waals surface area contributed by atoms with Gasteiger partial charge in [-0.25, -0.2) is 0 Å². The molecule has 0 bridgehead atoms. The van der Waals surface area contributed by atoms with Gasteiger partial charge in [0.25, 0.3) is 0 Å². The summed E-state index contributed by atoms with van der Waals surface area (Å²) in [5, 5.41) is 3.45. The SMILES string of the molecule is CC(C(N)=O)C1CN(C2CC2)c2ccccc2N1. The Kier molecular flexibility index (Phi) is 2.65. The number of nitrogens with one attached hydrogen (secondary N) is 1. The third kappa shape index (κ3) is 1.92. The second-order valence-electron chi connectivity index (χ2n) is 5.34. The summed E-state index contributed by atoms with van der Waals surface area (Å²) in [4.78, 5) is 13.8. The van der Waals surface area contributed by atoms with Gasteiger partial charge in [0.05, 0.1) is 23.3 Å². The van der Waals surface area contributed by atoms with E-state index < -0.39 is 0 Å². The zero-order valence-electron chi connectivity index (χ0n) is 10.6. The molecule has 3 N–H and O–H groups in total. The lowest BCUT2D eigenvalue weighted by atomic mass is 9.97. The van der Waals surface area contributed by atoms with E-state index in [0.717, 1.165) is 12.2 Å². The van der Waals surface area contributed by atoms with E-state index in [0.29, 0.717) is 6.04 Å². The van der Waals surface area contributed by atoms with Gasteiger partial charge in [-0.2, -0.15) is 0 Å². The third-order valence-electron chi connectivity index (χ3n) is 3.99. The first-order valence-electron chi connectivity index (χ1n) is 6.58. The lowest BCUT2D eigenvalue weighted by Crippen LogP contribution is -2.48. The summed E-state index contributed by atoms with van der Waals surface area (Å²) in [5.74, 6) is -0.387. The predicted octanol–water partition coefficient (Wildman–Crippen LogP) is 1.57. The number of nitrogens with zero attached hydrogens (tertiary/aromatic N) is 1. The highest BCUT2D eigenvalue weighted by Crippen LogP contribution is 2.39. The van der Waals surface area contributed by atoms with Crippen LogP contribution in [0.3, 0.4) is 0 Å². The molecule has 3 rings (SSSR count). The van der Waals surface area contributed by atoms with E-state index >= 15 is 0 Å². The number of carbonyl (C=O) groups excluding carboxylic acids is 1. The van der Waals surface area contributed by atoms with Crippen LogP contribution in [0.15, 0.2) is 24.3 Å². The van der Waals surface area contributed by atoms with Gasteiger partial charge in [-0.1, -0.05) is 19.1 Å². The average molecular weight is 245 g/mol. The zero-order valence-corrected chi connectivity index (χ0v) is 10.6. The summed E-state index contributed by atoms with van der Waals surface area (Å²) in [7, 11) is 0. The van der Waals surface area contributed by atoms with Gasteiger partial charge in [0, 0.05) is 12.6 Å². The predicted molar refractivity (Wildman–Crippen MR) is 72.6 cm³/mol. The van der Waals surface area contributed by atoms with Gasteiger partial charge in [0.1, 0.15) is 0 Å². The molecular weight excluding hydrogens is 226 g/mol. The number of rotatable bonds is 3. The Labute approximate surface area is 107 Å². The molecule has 1 aliphatic heterocycles. The fraction of sp³-hybridized carbons (Fsp3) is 0.500. The minimum atomic E-state index is -0.234. The van der Waals surface area contributed by atoms with Crippen molar-refractivity contribution in [2.24, 2.45) is 11.7 Å². The Hall–Kier alpha value is -1.71. The monoisotopic (exact) mass is 245 g/mol. The number of fused-ring (bicyclic) bond motifs is 1. The highest BCUT2D eigenvalue weighted by molar-refractivity contribution is 5.80. The molecule has 2 atom stereocenters. The van der Waals surface area contributed by atoms with Gasteiger partial charge in [-0.3, -0.25) is 4.79 Å². The van der Waals surface area contributed by atoms with Gasteiger partial charge in [-0.05, 0) is 25.0 Å². The summed E-state index contributed by atoms with van der Waals surface area (Å²) in [5.41, 5.74) is 7.80. The molecule has 0 radical (unpaired) electrons. The van der Waals surface area contributed by atoms with Gasteiger partial charge < -0.3 is 16.0 Å². The summed E-state index contributed by atoms with van der Waals surface area (Å²) in [6, 6.07) is 9.06. The summed E-state index contributed by atoms with van der Waals surface area (Å²) in [6.45, 7) is 2.77. The van der Waals surface area contributed by atoms with Gasteiger partial charge in [0.15, 0.2) is 0 Å². The average Bonchev–Trinajstić information content (AvgIpc) is 3.20. The molecule has 0 spiro atoms. The molecule has 2 aliphatic rings. The number of para-hydroxylation sites is 2. The topological polar surface area (TPSA) is 58.4 Å². The Bertz CT molecular complexity index is 470. The number of amides is 1. The molecule has 1 heterocycles. The zero-order chi connectivity index (χ0) is 12.7. The van der Waals surface area contributed by atoms with Crippen LogP contribution in [0, 0.1) is 5.92 Å². The first kappa shape index (κ1) is 11.4. The Morgan fingerprint density at radius 1 is 1.44 bits per heavy atom. The van der Waals surface area contributed by atoms with Crippen molar-refractivity contribution in [3.05, 3.63) is 24.3 Å². The number of benzene rings is 1. The van der Waals surface area contributed by atoms with Crippen LogP contribution >= 0.6 is 0 Å². The number of carbonyl (C=O) groups is 1. The molecule has 96 valence electrons. The molecule has 18 heavy (non-hydrogen) atoms. The summed E-state index contributed by atoms with van der Waals surface area (Å²) < 4.78 is 0. The van der Waals surface area contributed by atoms with Crippen LogP contribution in [-0.2, 0) is 4.79 Å². The van der Waals surface area contributed by atoms with Crippen LogP contribution in [0.2, 0.25) is 0 Å². The molecule has 1 saturated carbocycles. The van der Waals surface area contributed by atoms with Crippen molar-refractivity contribution in [3.8, 4) is 0 Å². The fourth-order valence-corrected chi connectivity index (χ4v) is 2.62. The number of primary amides is 1. The number of anilines is 2. The molecule has 0 aromatic heterocycles. The number of hydrogen-bond acceptors (Lipinski definition) is 3. The van der Waals surface area contributed by atoms with Crippen LogP contribution in [0.25, 0.3) is 0 Å². The van der Waals surface area contributed by atoms with Crippen molar-refractivity contribution in [2.75, 3.05) is 16.8 Å². The van der Waals surface area contributed by atoms with Crippen molar-refractivity contribution >= 4 is 17.3 Å².